The van der Waals surface area contributed by atoms with Gasteiger partial charge in [-0.25, -0.2) is 9.97 Å². The van der Waals surface area contributed by atoms with E-state index in [1.165, 1.54) is 35.3 Å². The van der Waals surface area contributed by atoms with Crippen LogP contribution < -0.4 is 10.9 Å². The van der Waals surface area contributed by atoms with Crippen molar-refractivity contribution in [3.05, 3.63) is 75.1 Å². The number of thiazole rings is 1. The van der Waals surface area contributed by atoms with Crippen molar-refractivity contribution in [3.8, 4) is 11.3 Å². The Hall–Kier alpha value is -3.32. The number of H-pyrrole nitrogens is 1. The zero-order chi connectivity index (χ0) is 21.2. The second-order valence-corrected chi connectivity index (χ2v) is 8.66. The minimum absolute atomic E-state index is 0.151. The number of carbonyl (C=O) groups excluding carboxylic acids is 1. The van der Waals surface area contributed by atoms with Gasteiger partial charge in [-0.2, -0.15) is 0 Å². The summed E-state index contributed by atoms with van der Waals surface area (Å²) in [6.45, 7) is 0. The van der Waals surface area contributed by atoms with Gasteiger partial charge in [0, 0.05) is 23.8 Å². The molecule has 7 heteroatoms. The largest absolute Gasteiger partial charge is 0.310 e. The number of hydrogen-bond donors (Lipinski definition) is 2. The number of anilines is 1. The average Bonchev–Trinajstić information content (AvgIpc) is 3.26. The lowest BCUT2D eigenvalue weighted by Gasteiger charge is -2.16. The molecule has 0 bridgehead atoms. The molecule has 5 rings (SSSR count). The smallest absolute Gasteiger partial charge is 0.258 e. The van der Waals surface area contributed by atoms with Crippen LogP contribution in [0, 0.1) is 0 Å². The number of nitrogens with one attached hydrogen (secondary N) is 2. The van der Waals surface area contributed by atoms with Crippen molar-refractivity contribution < 1.29 is 4.79 Å². The summed E-state index contributed by atoms with van der Waals surface area (Å²) in [5, 5.41) is 5.97. The molecule has 4 aromatic rings. The molecule has 1 aliphatic carbocycles. The number of nitrogens with zero attached hydrogens (tertiary/aromatic N) is 2. The molecule has 2 aromatic carbocycles. The van der Waals surface area contributed by atoms with Crippen LogP contribution >= 0.6 is 11.3 Å². The third-order valence-electron chi connectivity index (χ3n) is 5.65. The summed E-state index contributed by atoms with van der Waals surface area (Å²) in [5.41, 5.74) is 5.29. The Morgan fingerprint density at radius 3 is 2.81 bits per heavy atom. The van der Waals surface area contributed by atoms with Crippen LogP contribution in [0.15, 0.2) is 52.6 Å². The van der Waals surface area contributed by atoms with Crippen molar-refractivity contribution in [3.63, 3.8) is 0 Å². The predicted molar refractivity (Wildman–Crippen MR) is 124 cm³/mol. The van der Waals surface area contributed by atoms with E-state index in [1.807, 2.05) is 11.4 Å². The molecular formula is C24H22N4O2S. The molecule has 0 saturated heterocycles. The number of rotatable bonds is 5. The number of fused-ring (bicyclic) bond motifs is 2. The van der Waals surface area contributed by atoms with Crippen molar-refractivity contribution in [1.29, 1.82) is 0 Å². The third kappa shape index (κ3) is 4.27. The first kappa shape index (κ1) is 19.6. The average molecular weight is 431 g/mol. The first-order chi connectivity index (χ1) is 15.2. The van der Waals surface area contributed by atoms with Crippen LogP contribution in [0.5, 0.6) is 0 Å². The maximum absolute atomic E-state index is 12.4. The van der Waals surface area contributed by atoms with E-state index in [1.54, 1.807) is 18.2 Å². The highest BCUT2D eigenvalue weighted by Gasteiger charge is 2.13. The summed E-state index contributed by atoms with van der Waals surface area (Å²) < 4.78 is 0. The molecule has 0 atom stereocenters. The summed E-state index contributed by atoms with van der Waals surface area (Å²) >= 11 is 1.42. The number of amides is 1. The molecule has 2 heterocycles. The van der Waals surface area contributed by atoms with Gasteiger partial charge in [-0.05, 0) is 55.0 Å². The van der Waals surface area contributed by atoms with Gasteiger partial charge in [0.25, 0.3) is 5.56 Å². The number of benzene rings is 2. The van der Waals surface area contributed by atoms with Gasteiger partial charge >= 0.3 is 0 Å². The fourth-order valence-corrected chi connectivity index (χ4v) is 4.76. The van der Waals surface area contributed by atoms with E-state index in [2.05, 4.69) is 38.5 Å². The summed E-state index contributed by atoms with van der Waals surface area (Å²) in [6, 6.07) is 13.7. The number of aromatic amines is 1. The van der Waals surface area contributed by atoms with Crippen molar-refractivity contribution in [2.24, 2.45) is 0 Å². The molecule has 0 aliphatic heterocycles. The highest BCUT2D eigenvalue weighted by atomic mass is 32.1. The van der Waals surface area contributed by atoms with Gasteiger partial charge in [0.1, 0.15) is 5.82 Å². The zero-order valence-corrected chi connectivity index (χ0v) is 17.8. The molecule has 2 N–H and O–H groups in total. The van der Waals surface area contributed by atoms with E-state index in [0.29, 0.717) is 28.3 Å². The number of para-hydroxylation sites is 1. The van der Waals surface area contributed by atoms with Crippen molar-refractivity contribution >= 4 is 33.3 Å². The van der Waals surface area contributed by atoms with Crippen LogP contribution in [0.2, 0.25) is 0 Å². The maximum Gasteiger partial charge on any atom is 0.258 e. The molecule has 0 radical (unpaired) electrons. The molecule has 0 fully saturated rings. The fraction of sp³-hybridized carbons (Fsp3) is 0.250. The normalized spacial score (nSPS) is 13.2. The summed E-state index contributed by atoms with van der Waals surface area (Å²) in [4.78, 5) is 36.4. The number of aromatic nitrogens is 3. The first-order valence-corrected chi connectivity index (χ1v) is 11.4. The van der Waals surface area contributed by atoms with Crippen LogP contribution in [-0.2, 0) is 24.1 Å². The lowest BCUT2D eigenvalue weighted by molar-refractivity contribution is -0.116. The quantitative estimate of drug-likeness (QED) is 0.488. The SMILES string of the molecule is O=C(CCc1nc2ccccc2c(=O)[nH]1)Nc1nc(-c2ccc3c(c2)CCCC3)cs1. The molecule has 31 heavy (non-hydrogen) atoms. The van der Waals surface area contributed by atoms with Crippen LogP contribution in [0.1, 0.15) is 36.2 Å². The van der Waals surface area contributed by atoms with Crippen molar-refractivity contribution in [2.75, 3.05) is 5.32 Å². The molecular weight excluding hydrogens is 408 g/mol. The zero-order valence-electron chi connectivity index (χ0n) is 17.0. The Balaban J connectivity index is 1.24. The van der Waals surface area contributed by atoms with Gasteiger partial charge < -0.3 is 10.3 Å². The summed E-state index contributed by atoms with van der Waals surface area (Å²) in [6.07, 6.45) is 5.37. The molecule has 0 saturated carbocycles. The second kappa shape index (κ2) is 8.43. The topological polar surface area (TPSA) is 87.7 Å². The van der Waals surface area contributed by atoms with E-state index >= 15 is 0 Å². The monoisotopic (exact) mass is 430 g/mol. The van der Waals surface area contributed by atoms with E-state index in [0.717, 1.165) is 24.1 Å². The fourth-order valence-electron chi connectivity index (χ4n) is 4.02. The molecule has 0 spiro atoms. The molecule has 2 aromatic heterocycles. The molecule has 1 aliphatic rings. The minimum Gasteiger partial charge on any atom is -0.310 e. The van der Waals surface area contributed by atoms with E-state index in [4.69, 9.17) is 0 Å². The van der Waals surface area contributed by atoms with Crippen LogP contribution in [0.3, 0.4) is 0 Å². The van der Waals surface area contributed by atoms with Crippen LogP contribution in [0.4, 0.5) is 5.13 Å². The number of hydrogen-bond acceptors (Lipinski definition) is 5. The van der Waals surface area contributed by atoms with Gasteiger partial charge in [-0.1, -0.05) is 24.3 Å². The Kier molecular flexibility index (Phi) is 5.34. The maximum atomic E-state index is 12.4. The summed E-state index contributed by atoms with van der Waals surface area (Å²) in [5.74, 6) is 0.356. The number of aryl methyl sites for hydroxylation is 3. The standard InChI is InChI=1S/C24H22N4O2S/c29-22(12-11-21-25-19-8-4-3-7-18(19)23(30)27-21)28-24-26-20(14-31-24)17-10-9-15-5-1-2-6-16(15)13-17/h3-4,7-10,13-14H,1-2,5-6,11-12H2,(H,25,27,30)(H,26,28,29). The van der Waals surface area contributed by atoms with E-state index in [-0.39, 0.29) is 17.9 Å². The van der Waals surface area contributed by atoms with Crippen molar-refractivity contribution in [1.82, 2.24) is 15.0 Å². The highest BCUT2D eigenvalue weighted by Crippen LogP contribution is 2.29. The van der Waals surface area contributed by atoms with Crippen molar-refractivity contribution in [2.45, 2.75) is 38.5 Å². The third-order valence-corrected chi connectivity index (χ3v) is 6.40. The second-order valence-electron chi connectivity index (χ2n) is 7.81. The van der Waals surface area contributed by atoms with Gasteiger partial charge in [-0.15, -0.1) is 11.3 Å². The molecule has 156 valence electrons. The Morgan fingerprint density at radius 2 is 1.90 bits per heavy atom. The predicted octanol–water partition coefficient (Wildman–Crippen LogP) is 4.50. The minimum atomic E-state index is -0.185. The molecule has 6 nitrogen and oxygen atoms in total. The summed E-state index contributed by atoms with van der Waals surface area (Å²) in [7, 11) is 0. The first-order valence-electron chi connectivity index (χ1n) is 10.5. The Labute approximate surface area is 183 Å². The molecule has 1 amide bonds. The van der Waals surface area contributed by atoms with E-state index in [9.17, 15) is 9.59 Å². The lowest BCUT2D eigenvalue weighted by Crippen LogP contribution is -2.16. The van der Waals surface area contributed by atoms with Gasteiger partial charge in [0.05, 0.1) is 16.6 Å². The molecule has 0 unspecified atom stereocenters. The highest BCUT2D eigenvalue weighted by molar-refractivity contribution is 7.14. The number of carbonyl (C=O) groups is 1. The van der Waals surface area contributed by atoms with Gasteiger partial charge in [0.15, 0.2) is 5.13 Å². The lowest BCUT2D eigenvalue weighted by atomic mass is 9.90. The van der Waals surface area contributed by atoms with Crippen LogP contribution in [-0.4, -0.2) is 20.9 Å². The van der Waals surface area contributed by atoms with E-state index < -0.39 is 0 Å². The van der Waals surface area contributed by atoms with Crippen LogP contribution in [0.25, 0.3) is 22.2 Å². The van der Waals surface area contributed by atoms with Gasteiger partial charge in [0.2, 0.25) is 5.91 Å². The Bertz CT molecular complexity index is 1320. The Morgan fingerprint density at radius 1 is 1.06 bits per heavy atom. The van der Waals surface area contributed by atoms with Gasteiger partial charge in [-0.3, -0.25) is 9.59 Å².